The monoisotopic (exact) mass is 230 g/mol. The molecule has 2 aromatic rings. The van der Waals surface area contributed by atoms with Crippen molar-refractivity contribution in [2.24, 2.45) is 0 Å². The molecular formula is C14H14OS. The van der Waals surface area contributed by atoms with Crippen LogP contribution in [0.15, 0.2) is 65.6 Å². The van der Waals surface area contributed by atoms with E-state index >= 15 is 0 Å². The van der Waals surface area contributed by atoms with Gasteiger partial charge in [-0.05, 0) is 17.7 Å². The number of hydrogen-bond donors (Lipinski definition) is 1. The molecule has 0 radical (unpaired) electrons. The highest BCUT2D eigenvalue weighted by atomic mass is 32.2. The second-order valence-corrected chi connectivity index (χ2v) is 4.64. The van der Waals surface area contributed by atoms with Gasteiger partial charge in [-0.3, -0.25) is 0 Å². The van der Waals surface area contributed by atoms with Gasteiger partial charge in [-0.1, -0.05) is 48.5 Å². The van der Waals surface area contributed by atoms with E-state index < -0.39 is 6.10 Å². The number of rotatable bonds is 4. The summed E-state index contributed by atoms with van der Waals surface area (Å²) in [6.07, 6.45) is -0.397. The maximum absolute atomic E-state index is 9.96. The van der Waals surface area contributed by atoms with Gasteiger partial charge in [-0.15, -0.1) is 11.8 Å². The zero-order valence-electron chi connectivity index (χ0n) is 8.91. The predicted molar refractivity (Wildman–Crippen MR) is 68.6 cm³/mol. The van der Waals surface area contributed by atoms with Gasteiger partial charge in [0.15, 0.2) is 0 Å². The third kappa shape index (κ3) is 3.12. The molecule has 2 heteroatoms. The first kappa shape index (κ1) is 11.2. The highest BCUT2D eigenvalue weighted by Crippen LogP contribution is 2.24. The molecule has 0 aliphatic rings. The molecule has 0 aromatic heterocycles. The number of benzene rings is 2. The van der Waals surface area contributed by atoms with Gasteiger partial charge in [-0.25, -0.2) is 0 Å². The molecule has 2 rings (SSSR count). The van der Waals surface area contributed by atoms with Crippen molar-refractivity contribution in [1.82, 2.24) is 0 Å². The molecule has 82 valence electrons. The van der Waals surface area contributed by atoms with Gasteiger partial charge in [0.05, 0.1) is 6.10 Å². The summed E-state index contributed by atoms with van der Waals surface area (Å²) in [5.74, 6) is 0.689. The molecule has 0 unspecified atom stereocenters. The molecule has 0 spiro atoms. The van der Waals surface area contributed by atoms with Crippen LogP contribution in [0.3, 0.4) is 0 Å². The van der Waals surface area contributed by atoms with E-state index in [-0.39, 0.29) is 0 Å². The Hall–Kier alpha value is -1.25. The third-order valence-corrected chi connectivity index (χ3v) is 3.42. The fourth-order valence-electron chi connectivity index (χ4n) is 1.46. The average Bonchev–Trinajstić information content (AvgIpc) is 2.38. The summed E-state index contributed by atoms with van der Waals surface area (Å²) in [4.78, 5) is 1.19. The maximum Gasteiger partial charge on any atom is 0.0883 e. The molecule has 1 N–H and O–H groups in total. The van der Waals surface area contributed by atoms with E-state index in [0.29, 0.717) is 5.75 Å². The quantitative estimate of drug-likeness (QED) is 0.811. The first-order valence-corrected chi connectivity index (χ1v) is 6.25. The molecule has 0 saturated heterocycles. The molecule has 0 saturated carbocycles. The van der Waals surface area contributed by atoms with Gasteiger partial charge in [0.2, 0.25) is 0 Å². The molecule has 1 atom stereocenters. The highest BCUT2D eigenvalue weighted by molar-refractivity contribution is 7.99. The minimum atomic E-state index is -0.397. The van der Waals surface area contributed by atoms with Crippen LogP contribution in [0.2, 0.25) is 0 Å². The Kier molecular flexibility index (Phi) is 4.03. The van der Waals surface area contributed by atoms with E-state index in [9.17, 15) is 5.11 Å². The average molecular weight is 230 g/mol. The fourth-order valence-corrected chi connectivity index (χ4v) is 2.36. The van der Waals surface area contributed by atoms with Crippen LogP contribution in [0.5, 0.6) is 0 Å². The van der Waals surface area contributed by atoms with Gasteiger partial charge in [0.1, 0.15) is 0 Å². The summed E-state index contributed by atoms with van der Waals surface area (Å²) in [6, 6.07) is 19.9. The van der Waals surface area contributed by atoms with E-state index in [0.717, 1.165) is 5.56 Å². The number of aliphatic hydroxyl groups is 1. The van der Waals surface area contributed by atoms with Gasteiger partial charge in [0, 0.05) is 10.6 Å². The normalized spacial score (nSPS) is 12.3. The zero-order valence-corrected chi connectivity index (χ0v) is 9.73. The van der Waals surface area contributed by atoms with Crippen molar-refractivity contribution >= 4 is 11.8 Å². The second kappa shape index (κ2) is 5.73. The summed E-state index contributed by atoms with van der Waals surface area (Å²) in [5.41, 5.74) is 0.978. The molecule has 0 amide bonds. The van der Waals surface area contributed by atoms with Crippen molar-refractivity contribution in [2.75, 3.05) is 5.75 Å². The van der Waals surface area contributed by atoms with Crippen molar-refractivity contribution in [3.63, 3.8) is 0 Å². The molecular weight excluding hydrogens is 216 g/mol. The van der Waals surface area contributed by atoms with Crippen LogP contribution in [-0.4, -0.2) is 10.9 Å². The Morgan fingerprint density at radius 2 is 1.44 bits per heavy atom. The van der Waals surface area contributed by atoms with Crippen LogP contribution < -0.4 is 0 Å². The summed E-state index contributed by atoms with van der Waals surface area (Å²) in [5, 5.41) is 9.96. The first-order valence-electron chi connectivity index (χ1n) is 5.27. The topological polar surface area (TPSA) is 20.2 Å². The highest BCUT2D eigenvalue weighted by Gasteiger charge is 2.06. The summed E-state index contributed by atoms with van der Waals surface area (Å²) in [6.45, 7) is 0. The van der Waals surface area contributed by atoms with E-state index in [1.165, 1.54) is 4.90 Å². The van der Waals surface area contributed by atoms with Crippen molar-refractivity contribution < 1.29 is 5.11 Å². The van der Waals surface area contributed by atoms with Gasteiger partial charge < -0.3 is 5.11 Å². The minimum Gasteiger partial charge on any atom is -0.388 e. The maximum atomic E-state index is 9.96. The van der Waals surface area contributed by atoms with Crippen LogP contribution in [0.1, 0.15) is 11.7 Å². The largest absolute Gasteiger partial charge is 0.388 e. The van der Waals surface area contributed by atoms with E-state index in [2.05, 4.69) is 12.1 Å². The Balaban J connectivity index is 1.92. The van der Waals surface area contributed by atoms with Crippen molar-refractivity contribution in [3.8, 4) is 0 Å². The van der Waals surface area contributed by atoms with E-state index in [4.69, 9.17) is 0 Å². The number of aliphatic hydroxyl groups excluding tert-OH is 1. The molecule has 0 aliphatic carbocycles. The Morgan fingerprint density at radius 1 is 0.875 bits per heavy atom. The zero-order chi connectivity index (χ0) is 11.2. The van der Waals surface area contributed by atoms with Gasteiger partial charge >= 0.3 is 0 Å². The lowest BCUT2D eigenvalue weighted by Gasteiger charge is -2.10. The molecule has 0 heterocycles. The van der Waals surface area contributed by atoms with Crippen molar-refractivity contribution in [3.05, 3.63) is 66.2 Å². The van der Waals surface area contributed by atoms with Crippen LogP contribution in [0.4, 0.5) is 0 Å². The summed E-state index contributed by atoms with van der Waals surface area (Å²) in [7, 11) is 0. The Morgan fingerprint density at radius 3 is 2.06 bits per heavy atom. The van der Waals surface area contributed by atoms with Gasteiger partial charge in [-0.2, -0.15) is 0 Å². The Labute approximate surface area is 100 Å². The Bertz CT molecular complexity index is 413. The molecule has 2 aromatic carbocycles. The lowest BCUT2D eigenvalue weighted by molar-refractivity contribution is 0.204. The summed E-state index contributed by atoms with van der Waals surface area (Å²) >= 11 is 1.67. The van der Waals surface area contributed by atoms with Crippen molar-refractivity contribution in [1.29, 1.82) is 0 Å². The molecule has 1 nitrogen and oxygen atoms in total. The second-order valence-electron chi connectivity index (χ2n) is 3.55. The van der Waals surface area contributed by atoms with Crippen LogP contribution in [0.25, 0.3) is 0 Å². The molecule has 0 bridgehead atoms. The van der Waals surface area contributed by atoms with E-state index in [1.807, 2.05) is 48.5 Å². The van der Waals surface area contributed by atoms with E-state index in [1.54, 1.807) is 11.8 Å². The lowest BCUT2D eigenvalue weighted by atomic mass is 10.1. The predicted octanol–water partition coefficient (Wildman–Crippen LogP) is 3.51. The van der Waals surface area contributed by atoms with Gasteiger partial charge in [0.25, 0.3) is 0 Å². The lowest BCUT2D eigenvalue weighted by Crippen LogP contribution is -1.99. The SMILES string of the molecule is O[C@H](CSc1ccccc1)c1ccccc1. The van der Waals surface area contributed by atoms with Crippen molar-refractivity contribution in [2.45, 2.75) is 11.0 Å². The molecule has 16 heavy (non-hydrogen) atoms. The smallest absolute Gasteiger partial charge is 0.0883 e. The molecule has 0 fully saturated rings. The van der Waals surface area contributed by atoms with Crippen LogP contribution >= 0.6 is 11.8 Å². The standard InChI is InChI=1S/C14H14OS/c15-14(12-7-3-1-4-8-12)11-16-13-9-5-2-6-10-13/h1-10,14-15H,11H2/t14-/m1/s1. The molecule has 0 aliphatic heterocycles. The van der Waals surface area contributed by atoms with Crippen LogP contribution in [0, 0.1) is 0 Å². The van der Waals surface area contributed by atoms with Crippen LogP contribution in [-0.2, 0) is 0 Å². The number of thioether (sulfide) groups is 1. The first-order chi connectivity index (χ1) is 7.86. The number of hydrogen-bond acceptors (Lipinski definition) is 2. The summed E-state index contributed by atoms with van der Waals surface area (Å²) < 4.78 is 0. The third-order valence-electron chi connectivity index (χ3n) is 2.34. The fraction of sp³-hybridized carbons (Fsp3) is 0.143. The minimum absolute atomic E-state index is 0.397.